The van der Waals surface area contributed by atoms with Gasteiger partial charge in [-0.15, -0.1) is 0 Å². The second-order valence-corrected chi connectivity index (χ2v) is 5.80. The lowest BCUT2D eigenvalue weighted by Gasteiger charge is -2.16. The number of anilines is 2. The van der Waals surface area contributed by atoms with E-state index in [-0.39, 0.29) is 11.9 Å². The van der Waals surface area contributed by atoms with Crippen LogP contribution < -0.4 is 21.3 Å². The number of rotatable bonds is 6. The summed E-state index contributed by atoms with van der Waals surface area (Å²) in [7, 11) is 0. The van der Waals surface area contributed by atoms with Gasteiger partial charge in [-0.2, -0.15) is 11.8 Å². The first-order chi connectivity index (χ1) is 10.1. The molecule has 7 heteroatoms. The molecule has 0 saturated carbocycles. The fraction of sp³-hybridized carbons (Fsp3) is 0.429. The maximum atomic E-state index is 12.0. The van der Waals surface area contributed by atoms with Crippen molar-refractivity contribution in [3.8, 4) is 0 Å². The Morgan fingerprint density at radius 2 is 2.38 bits per heavy atom. The molecule has 4 N–H and O–H groups in total. The molecule has 1 saturated heterocycles. The average molecular weight is 308 g/mol. The van der Waals surface area contributed by atoms with Crippen LogP contribution in [-0.2, 0) is 4.79 Å². The van der Waals surface area contributed by atoms with Crippen LogP contribution in [0.25, 0.3) is 0 Å². The Labute approximate surface area is 128 Å². The van der Waals surface area contributed by atoms with Gasteiger partial charge in [0.15, 0.2) is 0 Å². The molecule has 1 heterocycles. The number of carbonyl (C=O) groups excluding carboxylic acids is 2. The smallest absolute Gasteiger partial charge is 0.321 e. The van der Waals surface area contributed by atoms with Gasteiger partial charge >= 0.3 is 6.03 Å². The van der Waals surface area contributed by atoms with E-state index in [0.29, 0.717) is 25.2 Å². The fourth-order valence-electron chi connectivity index (χ4n) is 2.08. The van der Waals surface area contributed by atoms with Gasteiger partial charge in [0.25, 0.3) is 0 Å². The fourth-order valence-corrected chi connectivity index (χ4v) is 2.57. The van der Waals surface area contributed by atoms with Crippen molar-refractivity contribution in [2.24, 2.45) is 5.73 Å². The van der Waals surface area contributed by atoms with Crippen molar-refractivity contribution in [2.45, 2.75) is 12.5 Å². The van der Waals surface area contributed by atoms with Crippen LogP contribution in [0.5, 0.6) is 0 Å². The first-order valence-electron chi connectivity index (χ1n) is 6.82. The number of hydrogen-bond donors (Lipinski definition) is 3. The predicted octanol–water partition coefficient (Wildman–Crippen LogP) is 1.24. The molecule has 1 aliphatic rings. The van der Waals surface area contributed by atoms with Crippen molar-refractivity contribution in [1.82, 2.24) is 5.32 Å². The number of amides is 3. The van der Waals surface area contributed by atoms with Gasteiger partial charge in [0.05, 0.1) is 6.04 Å². The second kappa shape index (κ2) is 7.33. The lowest BCUT2D eigenvalue weighted by molar-refractivity contribution is -0.117. The molecule has 1 aromatic rings. The van der Waals surface area contributed by atoms with E-state index in [1.807, 2.05) is 18.4 Å². The summed E-state index contributed by atoms with van der Waals surface area (Å²) >= 11 is 1.66. The van der Waals surface area contributed by atoms with Gasteiger partial charge in [-0.25, -0.2) is 4.79 Å². The molecule has 1 atom stereocenters. The van der Waals surface area contributed by atoms with Gasteiger partial charge in [-0.3, -0.25) is 9.69 Å². The van der Waals surface area contributed by atoms with E-state index in [1.165, 1.54) is 0 Å². The van der Waals surface area contributed by atoms with Crippen LogP contribution in [0.15, 0.2) is 24.3 Å². The molecule has 21 heavy (non-hydrogen) atoms. The number of nitrogens with two attached hydrogens (primary N) is 1. The molecule has 6 nitrogen and oxygen atoms in total. The van der Waals surface area contributed by atoms with E-state index in [4.69, 9.17) is 5.73 Å². The number of carbonyl (C=O) groups is 2. The molecule has 1 fully saturated rings. The number of benzene rings is 1. The van der Waals surface area contributed by atoms with Gasteiger partial charge in [0, 0.05) is 24.5 Å². The van der Waals surface area contributed by atoms with Gasteiger partial charge < -0.3 is 16.4 Å². The highest BCUT2D eigenvalue weighted by molar-refractivity contribution is 7.98. The predicted molar refractivity (Wildman–Crippen MR) is 86.8 cm³/mol. The summed E-state index contributed by atoms with van der Waals surface area (Å²) in [6, 6.07) is 6.59. The van der Waals surface area contributed by atoms with Crippen LogP contribution in [0, 0.1) is 0 Å². The van der Waals surface area contributed by atoms with Crippen LogP contribution in [-0.4, -0.2) is 43.1 Å². The van der Waals surface area contributed by atoms with E-state index in [9.17, 15) is 9.59 Å². The first kappa shape index (κ1) is 15.7. The van der Waals surface area contributed by atoms with Crippen LogP contribution in [0.3, 0.4) is 0 Å². The van der Waals surface area contributed by atoms with Gasteiger partial charge in [0.2, 0.25) is 5.91 Å². The molecule has 0 aromatic heterocycles. The number of hydrogen-bond acceptors (Lipinski definition) is 4. The maximum Gasteiger partial charge on any atom is 0.321 e. The molecule has 0 unspecified atom stereocenters. The molecule has 0 bridgehead atoms. The molecule has 114 valence electrons. The zero-order chi connectivity index (χ0) is 15.2. The normalized spacial score (nSPS) is 15.7. The molecule has 1 aromatic carbocycles. The van der Waals surface area contributed by atoms with Crippen molar-refractivity contribution in [3.05, 3.63) is 24.3 Å². The summed E-state index contributed by atoms with van der Waals surface area (Å²) in [6.45, 7) is 1.26. The molecule has 1 aliphatic heterocycles. The Kier molecular flexibility index (Phi) is 5.46. The zero-order valence-electron chi connectivity index (χ0n) is 12.0. The second-order valence-electron chi connectivity index (χ2n) is 4.81. The topological polar surface area (TPSA) is 87.5 Å². The van der Waals surface area contributed by atoms with E-state index in [2.05, 4.69) is 10.6 Å². The monoisotopic (exact) mass is 308 g/mol. The number of thioether (sulfide) groups is 1. The van der Waals surface area contributed by atoms with Crippen LogP contribution in [0.1, 0.15) is 6.42 Å². The van der Waals surface area contributed by atoms with Gasteiger partial charge in [-0.05, 0) is 36.6 Å². The van der Waals surface area contributed by atoms with E-state index >= 15 is 0 Å². The minimum Gasteiger partial charge on any atom is -0.336 e. The minimum absolute atomic E-state index is 0.116. The Morgan fingerprint density at radius 3 is 3.05 bits per heavy atom. The molecule has 0 radical (unpaired) electrons. The Morgan fingerprint density at radius 1 is 1.57 bits per heavy atom. The summed E-state index contributed by atoms with van der Waals surface area (Å²) in [5.41, 5.74) is 7.25. The molecule has 0 spiro atoms. The quantitative estimate of drug-likeness (QED) is 0.738. The van der Waals surface area contributed by atoms with Crippen molar-refractivity contribution >= 4 is 35.1 Å². The standard InChI is InChI=1S/C14H20N4O2S/c1-21-8-5-12(15)13(19)17-10-3-2-4-11(9-10)18-7-6-16-14(18)20/h2-4,9,12H,5-8,15H2,1H3,(H,16,20)(H,17,19)/t12-/m1/s1. The van der Waals surface area contributed by atoms with Crippen molar-refractivity contribution in [2.75, 3.05) is 35.3 Å². The van der Waals surface area contributed by atoms with Crippen molar-refractivity contribution in [3.63, 3.8) is 0 Å². The lowest BCUT2D eigenvalue weighted by Crippen LogP contribution is -2.36. The summed E-state index contributed by atoms with van der Waals surface area (Å²) in [5.74, 6) is 0.648. The molecule has 0 aliphatic carbocycles. The maximum absolute atomic E-state index is 12.0. The third-order valence-corrected chi connectivity index (χ3v) is 3.90. The van der Waals surface area contributed by atoms with Crippen molar-refractivity contribution in [1.29, 1.82) is 0 Å². The van der Waals surface area contributed by atoms with E-state index in [0.717, 1.165) is 11.4 Å². The summed E-state index contributed by atoms with van der Waals surface area (Å²) < 4.78 is 0. The van der Waals surface area contributed by atoms with Crippen molar-refractivity contribution < 1.29 is 9.59 Å². The van der Waals surface area contributed by atoms with Gasteiger partial charge in [-0.1, -0.05) is 6.07 Å². The zero-order valence-corrected chi connectivity index (χ0v) is 12.8. The molecule has 3 amide bonds. The lowest BCUT2D eigenvalue weighted by atomic mass is 10.2. The van der Waals surface area contributed by atoms with Crippen LogP contribution >= 0.6 is 11.8 Å². The summed E-state index contributed by atoms with van der Waals surface area (Å²) in [6.07, 6.45) is 2.62. The number of nitrogens with zero attached hydrogens (tertiary/aromatic N) is 1. The Balaban J connectivity index is 2.01. The third-order valence-electron chi connectivity index (χ3n) is 3.25. The molecule has 2 rings (SSSR count). The minimum atomic E-state index is -0.517. The number of nitrogens with one attached hydrogen (secondary N) is 2. The van der Waals surface area contributed by atoms with Crippen LogP contribution in [0.4, 0.5) is 16.2 Å². The Bertz CT molecular complexity index is 523. The third kappa shape index (κ3) is 4.12. The largest absolute Gasteiger partial charge is 0.336 e. The number of urea groups is 1. The summed E-state index contributed by atoms with van der Waals surface area (Å²) in [5, 5.41) is 5.54. The highest BCUT2D eigenvalue weighted by atomic mass is 32.2. The molecular formula is C14H20N4O2S. The van der Waals surface area contributed by atoms with Gasteiger partial charge in [0.1, 0.15) is 0 Å². The summed E-state index contributed by atoms with van der Waals surface area (Å²) in [4.78, 5) is 25.3. The SMILES string of the molecule is CSCC[C@@H](N)C(=O)Nc1cccc(N2CCNC2=O)c1. The average Bonchev–Trinajstić information content (AvgIpc) is 2.91. The Hall–Kier alpha value is -1.73. The highest BCUT2D eigenvalue weighted by Gasteiger charge is 2.21. The highest BCUT2D eigenvalue weighted by Crippen LogP contribution is 2.21. The molecular weight excluding hydrogens is 288 g/mol. The first-order valence-corrected chi connectivity index (χ1v) is 8.22. The van der Waals surface area contributed by atoms with E-state index in [1.54, 1.807) is 28.8 Å². The van der Waals surface area contributed by atoms with Crippen LogP contribution in [0.2, 0.25) is 0 Å². The van der Waals surface area contributed by atoms with E-state index < -0.39 is 6.04 Å².